The molecule has 0 saturated heterocycles. The Morgan fingerprint density at radius 1 is 1.15 bits per heavy atom. The van der Waals surface area contributed by atoms with Crippen LogP contribution in [0, 0.1) is 40.4 Å². The van der Waals surface area contributed by atoms with Crippen molar-refractivity contribution >= 4 is 5.78 Å². The molecule has 0 amide bonds. The number of hydrogen-bond donors (Lipinski definition) is 0. The molecule has 0 aromatic carbocycles. The van der Waals surface area contributed by atoms with E-state index in [2.05, 4.69) is 33.4 Å². The first kappa shape index (κ1) is 18.5. The van der Waals surface area contributed by atoms with Gasteiger partial charge in [-0.05, 0) is 104 Å². The fourth-order valence-corrected chi connectivity index (χ4v) is 8.12. The van der Waals surface area contributed by atoms with E-state index in [1.54, 1.807) is 0 Å². The molecule has 7 atom stereocenters. The molecule has 0 aromatic heterocycles. The lowest BCUT2D eigenvalue weighted by molar-refractivity contribution is -0.117. The molecule has 0 N–H and O–H groups in total. The van der Waals surface area contributed by atoms with E-state index in [4.69, 9.17) is 0 Å². The van der Waals surface area contributed by atoms with Gasteiger partial charge in [-0.25, -0.2) is 0 Å². The van der Waals surface area contributed by atoms with Crippen LogP contribution in [-0.4, -0.2) is 5.78 Å². The van der Waals surface area contributed by atoms with E-state index < -0.39 is 0 Å². The van der Waals surface area contributed by atoms with Crippen LogP contribution in [0.2, 0.25) is 0 Å². The molecule has 4 aliphatic rings. The number of ketones is 1. The van der Waals surface area contributed by atoms with E-state index in [9.17, 15) is 4.79 Å². The largest absolute Gasteiger partial charge is 0.295 e. The first-order valence-electron chi connectivity index (χ1n) is 11.2. The summed E-state index contributed by atoms with van der Waals surface area (Å²) in [6.07, 6.45) is 16.8. The quantitative estimate of drug-likeness (QED) is 0.511. The molecule has 0 aromatic rings. The van der Waals surface area contributed by atoms with Crippen LogP contribution in [0.25, 0.3) is 0 Å². The van der Waals surface area contributed by atoms with Gasteiger partial charge in [0.2, 0.25) is 0 Å². The predicted molar refractivity (Wildman–Crippen MR) is 109 cm³/mol. The van der Waals surface area contributed by atoms with Crippen LogP contribution in [0.5, 0.6) is 0 Å². The standard InChI is InChI=1S/C25H38O/c1-5-6-7-17(2)21-10-11-22-20-9-8-18-16-19(26)12-14-24(18,3)23(20)13-15-25(21,22)4/h5,16-17,20-23H,1,6-15H2,2-4H3. The van der Waals surface area contributed by atoms with Gasteiger partial charge in [-0.1, -0.05) is 32.4 Å². The molecule has 0 spiro atoms. The minimum atomic E-state index is 0.324. The van der Waals surface area contributed by atoms with Crippen molar-refractivity contribution in [3.63, 3.8) is 0 Å². The minimum absolute atomic E-state index is 0.324. The van der Waals surface area contributed by atoms with E-state index >= 15 is 0 Å². The molecule has 0 heterocycles. The van der Waals surface area contributed by atoms with Gasteiger partial charge in [0, 0.05) is 6.42 Å². The summed E-state index contributed by atoms with van der Waals surface area (Å²) in [7, 11) is 0. The van der Waals surface area contributed by atoms with E-state index in [0.29, 0.717) is 16.6 Å². The average Bonchev–Trinajstić information content (AvgIpc) is 2.97. The van der Waals surface area contributed by atoms with Crippen molar-refractivity contribution in [3.05, 3.63) is 24.3 Å². The molecular weight excluding hydrogens is 316 g/mol. The van der Waals surface area contributed by atoms with Crippen molar-refractivity contribution in [1.29, 1.82) is 0 Å². The summed E-state index contributed by atoms with van der Waals surface area (Å²) in [4.78, 5) is 12.0. The Bertz CT molecular complexity index is 616. The second-order valence-electron chi connectivity index (χ2n) is 10.5. The third kappa shape index (κ3) is 2.68. The Morgan fingerprint density at radius 3 is 2.73 bits per heavy atom. The number of hydrogen-bond acceptors (Lipinski definition) is 1. The molecule has 0 bridgehead atoms. The van der Waals surface area contributed by atoms with Crippen LogP contribution >= 0.6 is 0 Å². The van der Waals surface area contributed by atoms with E-state index in [0.717, 1.165) is 42.4 Å². The zero-order chi connectivity index (χ0) is 18.5. The van der Waals surface area contributed by atoms with Gasteiger partial charge in [-0.3, -0.25) is 4.79 Å². The lowest BCUT2D eigenvalue weighted by atomic mass is 9.46. The number of carbonyl (C=O) groups excluding carboxylic acids is 1. The van der Waals surface area contributed by atoms with Crippen LogP contribution in [-0.2, 0) is 4.79 Å². The van der Waals surface area contributed by atoms with Crippen molar-refractivity contribution in [2.45, 2.75) is 85.0 Å². The Morgan fingerprint density at radius 2 is 1.96 bits per heavy atom. The van der Waals surface area contributed by atoms with Gasteiger partial charge in [0.05, 0.1) is 0 Å². The molecule has 3 fully saturated rings. The topological polar surface area (TPSA) is 17.1 Å². The third-order valence-corrected chi connectivity index (χ3v) is 9.55. The molecule has 26 heavy (non-hydrogen) atoms. The van der Waals surface area contributed by atoms with Gasteiger partial charge < -0.3 is 0 Å². The van der Waals surface area contributed by atoms with E-state index in [1.165, 1.54) is 56.9 Å². The van der Waals surface area contributed by atoms with Gasteiger partial charge in [0.1, 0.15) is 0 Å². The van der Waals surface area contributed by atoms with E-state index in [-0.39, 0.29) is 0 Å². The molecule has 144 valence electrons. The molecular formula is C25H38O. The van der Waals surface area contributed by atoms with Crippen LogP contribution < -0.4 is 0 Å². The number of carbonyl (C=O) groups is 1. The maximum absolute atomic E-state index is 12.0. The van der Waals surface area contributed by atoms with Crippen LogP contribution in [0.4, 0.5) is 0 Å². The Hall–Kier alpha value is -0.850. The zero-order valence-electron chi connectivity index (χ0n) is 17.2. The third-order valence-electron chi connectivity index (χ3n) is 9.55. The first-order valence-corrected chi connectivity index (χ1v) is 11.2. The van der Waals surface area contributed by atoms with Gasteiger partial charge in [0.15, 0.2) is 5.78 Å². The number of rotatable bonds is 4. The molecule has 1 nitrogen and oxygen atoms in total. The minimum Gasteiger partial charge on any atom is -0.295 e. The smallest absolute Gasteiger partial charge is 0.155 e. The average molecular weight is 355 g/mol. The molecule has 0 aliphatic heterocycles. The number of fused-ring (bicyclic) bond motifs is 5. The maximum atomic E-state index is 12.0. The van der Waals surface area contributed by atoms with Gasteiger partial charge in [0.25, 0.3) is 0 Å². The van der Waals surface area contributed by atoms with Crippen molar-refractivity contribution in [2.24, 2.45) is 40.4 Å². The van der Waals surface area contributed by atoms with Crippen LogP contribution in [0.15, 0.2) is 24.3 Å². The molecule has 4 aliphatic carbocycles. The second-order valence-corrected chi connectivity index (χ2v) is 10.5. The van der Waals surface area contributed by atoms with E-state index in [1.807, 2.05) is 6.08 Å². The molecule has 1 heteroatoms. The summed E-state index contributed by atoms with van der Waals surface area (Å²) in [5.74, 6) is 4.78. The highest BCUT2D eigenvalue weighted by molar-refractivity contribution is 5.91. The summed E-state index contributed by atoms with van der Waals surface area (Å²) in [6, 6.07) is 0. The highest BCUT2D eigenvalue weighted by atomic mass is 16.1. The SMILES string of the molecule is C=CCCC(C)C1CCC2C3CCC4=CC(=O)CCC4(C)C3CCC12C. The summed E-state index contributed by atoms with van der Waals surface area (Å²) >= 11 is 0. The van der Waals surface area contributed by atoms with Crippen LogP contribution in [0.3, 0.4) is 0 Å². The van der Waals surface area contributed by atoms with Gasteiger partial charge in [-0.2, -0.15) is 0 Å². The summed E-state index contributed by atoms with van der Waals surface area (Å²) < 4.78 is 0. The Kier molecular flexibility index (Phi) is 4.73. The van der Waals surface area contributed by atoms with Crippen molar-refractivity contribution in [1.82, 2.24) is 0 Å². The van der Waals surface area contributed by atoms with Crippen molar-refractivity contribution in [3.8, 4) is 0 Å². The second kappa shape index (κ2) is 6.64. The fraction of sp³-hybridized carbons (Fsp3) is 0.800. The zero-order valence-corrected chi connectivity index (χ0v) is 17.2. The molecule has 3 saturated carbocycles. The number of allylic oxidation sites excluding steroid dienone is 2. The predicted octanol–water partition coefficient (Wildman–Crippen LogP) is 6.74. The monoisotopic (exact) mass is 354 g/mol. The van der Waals surface area contributed by atoms with Crippen molar-refractivity contribution < 1.29 is 4.79 Å². The van der Waals surface area contributed by atoms with Gasteiger partial charge in [-0.15, -0.1) is 6.58 Å². The maximum Gasteiger partial charge on any atom is 0.155 e. The summed E-state index contributed by atoms with van der Waals surface area (Å²) in [6.45, 7) is 11.6. The fourth-order valence-electron chi connectivity index (χ4n) is 8.12. The summed E-state index contributed by atoms with van der Waals surface area (Å²) in [5.41, 5.74) is 2.39. The Balaban J connectivity index is 1.57. The lowest BCUT2D eigenvalue weighted by Crippen LogP contribution is -2.50. The summed E-state index contributed by atoms with van der Waals surface area (Å²) in [5, 5.41) is 0. The molecule has 4 rings (SSSR count). The molecule has 7 unspecified atom stereocenters. The van der Waals surface area contributed by atoms with Gasteiger partial charge >= 0.3 is 0 Å². The highest BCUT2D eigenvalue weighted by Crippen LogP contribution is 2.67. The normalized spacial score (nSPS) is 46.0. The molecule has 0 radical (unpaired) electrons. The van der Waals surface area contributed by atoms with Crippen molar-refractivity contribution in [2.75, 3.05) is 0 Å². The van der Waals surface area contributed by atoms with Crippen LogP contribution in [0.1, 0.15) is 85.0 Å². The highest BCUT2D eigenvalue weighted by Gasteiger charge is 2.59. The lowest BCUT2D eigenvalue weighted by Gasteiger charge is -2.58. The Labute approximate surface area is 160 Å². The first-order chi connectivity index (χ1) is 12.4.